The van der Waals surface area contributed by atoms with Crippen molar-refractivity contribution in [2.24, 2.45) is 5.73 Å². The zero-order chi connectivity index (χ0) is 15.2. The van der Waals surface area contributed by atoms with Crippen LogP contribution in [-0.4, -0.2) is 25.4 Å². The molecule has 0 spiro atoms. The van der Waals surface area contributed by atoms with Crippen LogP contribution in [0.15, 0.2) is 29.4 Å². The van der Waals surface area contributed by atoms with Gasteiger partial charge < -0.3 is 10.3 Å². The second-order valence-electron chi connectivity index (χ2n) is 4.37. The molecule has 0 aliphatic carbocycles. The van der Waals surface area contributed by atoms with Crippen LogP contribution in [0.3, 0.4) is 0 Å². The number of aromatic nitrogens is 3. The van der Waals surface area contributed by atoms with E-state index in [0.29, 0.717) is 6.54 Å². The van der Waals surface area contributed by atoms with Gasteiger partial charge in [0.25, 0.3) is 5.69 Å². The van der Waals surface area contributed by atoms with Gasteiger partial charge in [0.1, 0.15) is 5.82 Å². The molecule has 0 radical (unpaired) electrons. The number of nitro benzene ring substituents is 1. The zero-order valence-corrected chi connectivity index (χ0v) is 12.5. The summed E-state index contributed by atoms with van der Waals surface area (Å²) in [4.78, 5) is 10.2. The van der Waals surface area contributed by atoms with E-state index in [1.807, 2.05) is 11.5 Å². The third kappa shape index (κ3) is 3.79. The Hall–Kier alpha value is -1.93. The fraction of sp³-hybridized carbons (Fsp3) is 0.385. The molecule has 0 unspecified atom stereocenters. The van der Waals surface area contributed by atoms with E-state index >= 15 is 0 Å². The van der Waals surface area contributed by atoms with E-state index in [1.165, 1.54) is 12.1 Å². The summed E-state index contributed by atoms with van der Waals surface area (Å²) >= 11 is 1.61. The molecule has 21 heavy (non-hydrogen) atoms. The number of rotatable bonds is 7. The zero-order valence-electron chi connectivity index (χ0n) is 11.7. The number of nitro groups is 1. The van der Waals surface area contributed by atoms with E-state index in [0.717, 1.165) is 35.3 Å². The van der Waals surface area contributed by atoms with Gasteiger partial charge >= 0.3 is 0 Å². The van der Waals surface area contributed by atoms with E-state index in [-0.39, 0.29) is 5.69 Å². The fourth-order valence-electron chi connectivity index (χ4n) is 1.94. The largest absolute Gasteiger partial charge is 0.324 e. The van der Waals surface area contributed by atoms with Crippen LogP contribution in [0.1, 0.15) is 18.3 Å². The van der Waals surface area contributed by atoms with E-state index in [1.54, 1.807) is 23.9 Å². The van der Waals surface area contributed by atoms with Crippen molar-refractivity contribution in [1.29, 1.82) is 0 Å². The Balaban J connectivity index is 1.92. The number of thioether (sulfide) groups is 1. The normalized spacial score (nSPS) is 10.8. The number of nitrogens with zero attached hydrogens (tertiary/aromatic N) is 4. The summed E-state index contributed by atoms with van der Waals surface area (Å²) < 4.78 is 2.00. The van der Waals surface area contributed by atoms with E-state index in [4.69, 9.17) is 5.73 Å². The average Bonchev–Trinajstić information content (AvgIpc) is 2.89. The van der Waals surface area contributed by atoms with Gasteiger partial charge in [-0.25, -0.2) is 0 Å². The number of hydrogen-bond acceptors (Lipinski definition) is 6. The Morgan fingerprint density at radius 2 is 2.05 bits per heavy atom. The molecular weight excluding hydrogens is 290 g/mol. The molecule has 0 aliphatic heterocycles. The topological polar surface area (TPSA) is 99.9 Å². The first kappa shape index (κ1) is 15.5. The molecule has 0 saturated heterocycles. The Morgan fingerprint density at radius 3 is 2.62 bits per heavy atom. The van der Waals surface area contributed by atoms with Gasteiger partial charge in [0, 0.05) is 24.4 Å². The van der Waals surface area contributed by atoms with Crippen molar-refractivity contribution < 1.29 is 4.92 Å². The maximum atomic E-state index is 10.6. The smallest absolute Gasteiger partial charge is 0.269 e. The Labute approximate surface area is 126 Å². The van der Waals surface area contributed by atoms with Crippen molar-refractivity contribution in [3.05, 3.63) is 45.8 Å². The molecule has 1 heterocycles. The van der Waals surface area contributed by atoms with E-state index in [2.05, 4.69) is 10.2 Å². The number of nitrogens with two attached hydrogens (primary N) is 1. The van der Waals surface area contributed by atoms with Crippen molar-refractivity contribution in [2.45, 2.75) is 31.6 Å². The third-order valence-corrected chi connectivity index (χ3v) is 4.03. The van der Waals surface area contributed by atoms with Crippen LogP contribution in [0.25, 0.3) is 0 Å². The molecule has 0 fully saturated rings. The van der Waals surface area contributed by atoms with Gasteiger partial charge in [-0.15, -0.1) is 10.2 Å². The highest BCUT2D eigenvalue weighted by Gasteiger charge is 2.10. The van der Waals surface area contributed by atoms with Crippen molar-refractivity contribution in [2.75, 3.05) is 5.75 Å². The molecule has 2 aromatic rings. The number of non-ortho nitro benzene ring substituents is 1. The van der Waals surface area contributed by atoms with Crippen LogP contribution in [0.2, 0.25) is 0 Å². The van der Waals surface area contributed by atoms with Crippen molar-refractivity contribution in [3.63, 3.8) is 0 Å². The van der Waals surface area contributed by atoms with Crippen molar-refractivity contribution in [3.8, 4) is 0 Å². The van der Waals surface area contributed by atoms with Crippen LogP contribution in [-0.2, 0) is 19.5 Å². The Kier molecular flexibility index (Phi) is 5.29. The molecule has 0 bridgehead atoms. The summed E-state index contributed by atoms with van der Waals surface area (Å²) in [6.45, 7) is 3.20. The molecule has 0 atom stereocenters. The highest BCUT2D eigenvalue weighted by molar-refractivity contribution is 7.99. The maximum absolute atomic E-state index is 10.6. The minimum Gasteiger partial charge on any atom is -0.324 e. The van der Waals surface area contributed by atoms with Crippen LogP contribution in [0, 0.1) is 10.1 Å². The van der Waals surface area contributed by atoms with Crippen LogP contribution >= 0.6 is 11.8 Å². The van der Waals surface area contributed by atoms with Gasteiger partial charge in [0.15, 0.2) is 5.16 Å². The first-order chi connectivity index (χ1) is 10.2. The molecule has 1 aromatic heterocycles. The minimum atomic E-state index is -0.392. The minimum absolute atomic E-state index is 0.115. The lowest BCUT2D eigenvalue weighted by atomic mass is 10.1. The molecule has 8 heteroatoms. The standard InChI is InChI=1S/C13H17N5O2S/c1-2-17-12(9-14)15-16-13(17)21-8-7-10-3-5-11(6-4-10)18(19)20/h3-6H,2,7-9,14H2,1H3. The summed E-state index contributed by atoms with van der Waals surface area (Å²) in [5.74, 6) is 1.62. The lowest BCUT2D eigenvalue weighted by molar-refractivity contribution is -0.384. The summed E-state index contributed by atoms with van der Waals surface area (Å²) in [5.41, 5.74) is 6.79. The highest BCUT2D eigenvalue weighted by atomic mass is 32.2. The molecular formula is C13H17N5O2S. The predicted octanol–water partition coefficient (Wildman–Crippen LogP) is 2.00. The average molecular weight is 307 g/mol. The number of benzene rings is 1. The Bertz CT molecular complexity index is 612. The number of aryl methyl sites for hydroxylation is 1. The number of hydrogen-bond donors (Lipinski definition) is 1. The summed E-state index contributed by atoms with van der Waals surface area (Å²) in [6.07, 6.45) is 0.817. The monoisotopic (exact) mass is 307 g/mol. The SMILES string of the molecule is CCn1c(CN)nnc1SCCc1ccc([N+](=O)[O-])cc1. The van der Waals surface area contributed by atoms with Crippen molar-refractivity contribution in [1.82, 2.24) is 14.8 Å². The van der Waals surface area contributed by atoms with Crippen LogP contribution in [0.4, 0.5) is 5.69 Å². The van der Waals surface area contributed by atoms with E-state index in [9.17, 15) is 10.1 Å². The molecule has 0 saturated carbocycles. The molecule has 7 nitrogen and oxygen atoms in total. The maximum Gasteiger partial charge on any atom is 0.269 e. The second kappa shape index (κ2) is 7.19. The molecule has 112 valence electrons. The first-order valence-electron chi connectivity index (χ1n) is 6.64. The van der Waals surface area contributed by atoms with Gasteiger partial charge in [-0.05, 0) is 18.9 Å². The van der Waals surface area contributed by atoms with Crippen LogP contribution < -0.4 is 5.73 Å². The van der Waals surface area contributed by atoms with Gasteiger partial charge in [0.2, 0.25) is 0 Å². The first-order valence-corrected chi connectivity index (χ1v) is 7.62. The van der Waals surface area contributed by atoms with Gasteiger partial charge in [0.05, 0.1) is 11.5 Å². The van der Waals surface area contributed by atoms with Gasteiger partial charge in [-0.3, -0.25) is 10.1 Å². The predicted molar refractivity (Wildman–Crippen MR) is 81.1 cm³/mol. The lowest BCUT2D eigenvalue weighted by Gasteiger charge is -2.05. The van der Waals surface area contributed by atoms with E-state index < -0.39 is 4.92 Å². The highest BCUT2D eigenvalue weighted by Crippen LogP contribution is 2.19. The summed E-state index contributed by atoms with van der Waals surface area (Å²) in [5, 5.41) is 19.6. The van der Waals surface area contributed by atoms with Crippen LogP contribution in [0.5, 0.6) is 0 Å². The quantitative estimate of drug-likeness (QED) is 0.477. The molecule has 0 amide bonds. The molecule has 1 aromatic carbocycles. The third-order valence-electron chi connectivity index (χ3n) is 3.06. The van der Waals surface area contributed by atoms with Gasteiger partial charge in [-0.2, -0.15) is 0 Å². The summed E-state index contributed by atoms with van der Waals surface area (Å²) in [6, 6.07) is 6.63. The lowest BCUT2D eigenvalue weighted by Crippen LogP contribution is -2.08. The molecule has 2 rings (SSSR count). The van der Waals surface area contributed by atoms with Crippen molar-refractivity contribution >= 4 is 17.4 Å². The summed E-state index contributed by atoms with van der Waals surface area (Å²) in [7, 11) is 0. The molecule has 2 N–H and O–H groups in total. The Morgan fingerprint density at radius 1 is 1.33 bits per heavy atom. The molecule has 0 aliphatic rings. The second-order valence-corrected chi connectivity index (χ2v) is 5.43. The van der Waals surface area contributed by atoms with Gasteiger partial charge in [-0.1, -0.05) is 23.9 Å². The fourth-order valence-corrected chi connectivity index (χ4v) is 2.95.